The van der Waals surface area contributed by atoms with Crippen molar-refractivity contribution in [2.75, 3.05) is 20.2 Å². The van der Waals surface area contributed by atoms with Crippen LogP contribution in [0.5, 0.6) is 5.75 Å². The number of amides is 1. The Labute approximate surface area is 157 Å². The summed E-state index contributed by atoms with van der Waals surface area (Å²) in [6.45, 7) is 1.34. The average molecular weight is 363 g/mol. The highest BCUT2D eigenvalue weighted by Gasteiger charge is 2.33. The summed E-state index contributed by atoms with van der Waals surface area (Å²) in [7, 11) is 1.63. The maximum absolute atomic E-state index is 12.4. The average Bonchev–Trinajstić information content (AvgIpc) is 3.34. The zero-order valence-electron chi connectivity index (χ0n) is 15.2. The van der Waals surface area contributed by atoms with Gasteiger partial charge in [-0.05, 0) is 36.2 Å². The van der Waals surface area contributed by atoms with Gasteiger partial charge in [0.2, 0.25) is 5.91 Å². The van der Waals surface area contributed by atoms with Crippen molar-refractivity contribution in [3.05, 3.63) is 66.0 Å². The zero-order valence-corrected chi connectivity index (χ0v) is 15.2. The Morgan fingerprint density at radius 1 is 1.15 bits per heavy atom. The van der Waals surface area contributed by atoms with Crippen molar-refractivity contribution in [2.24, 2.45) is 0 Å². The largest absolute Gasteiger partial charge is 0.497 e. The van der Waals surface area contributed by atoms with Crippen LogP contribution < -0.4 is 4.74 Å². The number of methoxy groups -OCH3 is 1. The van der Waals surface area contributed by atoms with Crippen LogP contribution in [0.4, 0.5) is 0 Å². The lowest BCUT2D eigenvalue weighted by Crippen LogP contribution is -2.27. The molecule has 27 heavy (non-hydrogen) atoms. The van der Waals surface area contributed by atoms with Crippen LogP contribution >= 0.6 is 0 Å². The highest BCUT2D eigenvalue weighted by Crippen LogP contribution is 2.28. The first-order valence-corrected chi connectivity index (χ1v) is 9.02. The predicted octanol–water partition coefficient (Wildman–Crippen LogP) is 3.30. The molecule has 1 aliphatic heterocycles. The number of rotatable bonds is 6. The first-order chi connectivity index (χ1) is 13.2. The first kappa shape index (κ1) is 17.3. The molecule has 1 amide bonds. The van der Waals surface area contributed by atoms with E-state index in [1.165, 1.54) is 5.56 Å². The van der Waals surface area contributed by atoms with E-state index < -0.39 is 0 Å². The second kappa shape index (κ2) is 7.61. The summed E-state index contributed by atoms with van der Waals surface area (Å²) in [5, 5.41) is 4.11. The van der Waals surface area contributed by atoms with Crippen molar-refractivity contribution < 1.29 is 14.1 Å². The van der Waals surface area contributed by atoms with Gasteiger partial charge in [0.05, 0.1) is 7.11 Å². The first-order valence-electron chi connectivity index (χ1n) is 9.02. The molecule has 2 aromatic carbocycles. The summed E-state index contributed by atoms with van der Waals surface area (Å²) in [4.78, 5) is 18.8. The summed E-state index contributed by atoms with van der Waals surface area (Å²) in [5.41, 5.74) is 2.06. The maximum Gasteiger partial charge on any atom is 0.257 e. The van der Waals surface area contributed by atoms with Gasteiger partial charge >= 0.3 is 0 Å². The zero-order chi connectivity index (χ0) is 18.6. The molecule has 1 aromatic heterocycles. The highest BCUT2D eigenvalue weighted by atomic mass is 16.5. The van der Waals surface area contributed by atoms with Gasteiger partial charge in [-0.3, -0.25) is 4.79 Å². The fraction of sp³-hybridized carbons (Fsp3) is 0.286. The summed E-state index contributed by atoms with van der Waals surface area (Å²) in [5.74, 6) is 1.95. The van der Waals surface area contributed by atoms with Crippen molar-refractivity contribution in [1.29, 1.82) is 0 Å². The van der Waals surface area contributed by atoms with Crippen LogP contribution in [0, 0.1) is 0 Å². The van der Waals surface area contributed by atoms with Gasteiger partial charge in [-0.2, -0.15) is 4.98 Å². The van der Waals surface area contributed by atoms with Crippen molar-refractivity contribution in [1.82, 2.24) is 15.0 Å². The quantitative estimate of drug-likeness (QED) is 0.672. The van der Waals surface area contributed by atoms with E-state index in [9.17, 15) is 4.79 Å². The van der Waals surface area contributed by atoms with Crippen LogP contribution in [0.1, 0.15) is 23.7 Å². The van der Waals surface area contributed by atoms with Crippen molar-refractivity contribution in [2.45, 2.75) is 18.8 Å². The smallest absolute Gasteiger partial charge is 0.257 e. The molecule has 0 aliphatic carbocycles. The van der Waals surface area contributed by atoms with Crippen LogP contribution in [0.2, 0.25) is 0 Å². The normalized spacial score (nSPS) is 16.7. The monoisotopic (exact) mass is 363 g/mol. The Kier molecular flexibility index (Phi) is 4.87. The van der Waals surface area contributed by atoms with E-state index in [1.807, 2.05) is 47.4 Å². The lowest BCUT2D eigenvalue weighted by molar-refractivity contribution is -0.127. The van der Waals surface area contributed by atoms with Crippen LogP contribution in [-0.2, 0) is 11.2 Å². The van der Waals surface area contributed by atoms with Crippen molar-refractivity contribution in [3.63, 3.8) is 0 Å². The maximum atomic E-state index is 12.4. The lowest BCUT2D eigenvalue weighted by atomic mass is 10.1. The number of hydrogen-bond acceptors (Lipinski definition) is 5. The van der Waals surface area contributed by atoms with Gasteiger partial charge in [-0.1, -0.05) is 35.5 Å². The van der Waals surface area contributed by atoms with E-state index in [0.29, 0.717) is 31.2 Å². The molecule has 6 heteroatoms. The number of carbonyl (C=O) groups is 1. The van der Waals surface area contributed by atoms with E-state index in [0.717, 1.165) is 17.7 Å². The SMILES string of the molecule is COc1ccc(-c2nc(C3CC(=O)N(CCc4ccccc4)C3)no2)cc1. The molecule has 1 aliphatic rings. The van der Waals surface area contributed by atoms with Crippen LogP contribution in [0.25, 0.3) is 11.5 Å². The number of hydrogen-bond donors (Lipinski definition) is 0. The topological polar surface area (TPSA) is 68.5 Å². The van der Waals surface area contributed by atoms with Crippen LogP contribution in [0.3, 0.4) is 0 Å². The Bertz CT molecular complexity index is 906. The van der Waals surface area contributed by atoms with Crippen molar-refractivity contribution in [3.8, 4) is 17.2 Å². The van der Waals surface area contributed by atoms with Crippen LogP contribution in [0.15, 0.2) is 59.1 Å². The second-order valence-electron chi connectivity index (χ2n) is 6.66. The molecule has 0 radical (unpaired) electrons. The van der Waals surface area contributed by atoms with Gasteiger partial charge in [0.1, 0.15) is 5.75 Å². The number of nitrogens with zero attached hydrogens (tertiary/aromatic N) is 3. The fourth-order valence-electron chi connectivity index (χ4n) is 3.32. The Balaban J connectivity index is 1.40. The summed E-state index contributed by atoms with van der Waals surface area (Å²) >= 11 is 0. The summed E-state index contributed by atoms with van der Waals surface area (Å²) in [6, 6.07) is 17.7. The molecular formula is C21H21N3O3. The van der Waals surface area contributed by atoms with Gasteiger partial charge in [-0.15, -0.1) is 0 Å². The molecular weight excluding hydrogens is 342 g/mol. The number of ether oxygens (including phenoxy) is 1. The number of benzene rings is 2. The molecule has 0 bridgehead atoms. The summed E-state index contributed by atoms with van der Waals surface area (Å²) in [6.07, 6.45) is 1.28. The molecule has 1 fully saturated rings. The second-order valence-corrected chi connectivity index (χ2v) is 6.66. The molecule has 138 valence electrons. The third kappa shape index (κ3) is 3.84. The molecule has 1 saturated heterocycles. The van der Waals surface area contributed by atoms with Gasteiger partial charge in [0.15, 0.2) is 5.82 Å². The number of aromatic nitrogens is 2. The van der Waals surface area contributed by atoms with Gasteiger partial charge in [0.25, 0.3) is 5.89 Å². The molecule has 2 heterocycles. The van der Waals surface area contributed by atoms with Gasteiger partial charge < -0.3 is 14.2 Å². The van der Waals surface area contributed by atoms with E-state index in [2.05, 4.69) is 22.3 Å². The van der Waals surface area contributed by atoms with E-state index in [1.54, 1.807) is 7.11 Å². The summed E-state index contributed by atoms with van der Waals surface area (Å²) < 4.78 is 10.6. The Morgan fingerprint density at radius 2 is 1.93 bits per heavy atom. The molecule has 1 atom stereocenters. The van der Waals surface area contributed by atoms with E-state index in [-0.39, 0.29) is 11.8 Å². The Morgan fingerprint density at radius 3 is 2.67 bits per heavy atom. The lowest BCUT2D eigenvalue weighted by Gasteiger charge is -2.15. The van der Waals surface area contributed by atoms with Crippen molar-refractivity contribution >= 4 is 5.91 Å². The molecule has 6 nitrogen and oxygen atoms in total. The number of likely N-dealkylation sites (tertiary alicyclic amines) is 1. The minimum Gasteiger partial charge on any atom is -0.497 e. The molecule has 0 spiro atoms. The predicted molar refractivity (Wildman–Crippen MR) is 100 cm³/mol. The van der Waals surface area contributed by atoms with Crippen LogP contribution in [-0.4, -0.2) is 41.1 Å². The minimum absolute atomic E-state index is 0.0241. The fourth-order valence-corrected chi connectivity index (χ4v) is 3.32. The standard InChI is InChI=1S/C21H21N3O3/c1-26-18-9-7-16(8-10-18)21-22-20(23-27-21)17-13-19(25)24(14-17)12-11-15-5-3-2-4-6-15/h2-10,17H,11-14H2,1H3. The third-order valence-electron chi connectivity index (χ3n) is 4.87. The highest BCUT2D eigenvalue weighted by molar-refractivity contribution is 5.79. The molecule has 4 rings (SSSR count). The van der Waals surface area contributed by atoms with Gasteiger partial charge in [-0.25, -0.2) is 0 Å². The van der Waals surface area contributed by atoms with E-state index >= 15 is 0 Å². The third-order valence-corrected chi connectivity index (χ3v) is 4.87. The molecule has 0 N–H and O–H groups in total. The molecule has 3 aromatic rings. The van der Waals surface area contributed by atoms with E-state index in [4.69, 9.17) is 9.26 Å². The molecule has 1 unspecified atom stereocenters. The Hall–Kier alpha value is -3.15. The molecule has 0 saturated carbocycles. The number of carbonyl (C=O) groups excluding carboxylic acids is 1. The van der Waals surface area contributed by atoms with Gasteiger partial charge in [0, 0.05) is 31.0 Å². The minimum atomic E-state index is -0.0241.